The summed E-state index contributed by atoms with van der Waals surface area (Å²) in [5, 5.41) is 5.97. The number of benzene rings is 1. The van der Waals surface area contributed by atoms with E-state index in [1.807, 2.05) is 0 Å². The smallest absolute Gasteiger partial charge is 0.344 e. The summed E-state index contributed by atoms with van der Waals surface area (Å²) in [4.78, 5) is 35.5. The van der Waals surface area contributed by atoms with E-state index in [1.54, 1.807) is 23.9 Å². The van der Waals surface area contributed by atoms with Gasteiger partial charge in [-0.2, -0.15) is 10.1 Å². The van der Waals surface area contributed by atoms with Crippen molar-refractivity contribution in [1.82, 2.24) is 29.7 Å². The first-order valence-corrected chi connectivity index (χ1v) is 10.9. The van der Waals surface area contributed by atoms with Crippen LogP contribution in [-0.2, 0) is 17.9 Å². The minimum atomic E-state index is -1.70. The van der Waals surface area contributed by atoms with Crippen LogP contribution in [0.15, 0.2) is 36.8 Å². The van der Waals surface area contributed by atoms with Crippen LogP contribution in [0.1, 0.15) is 19.0 Å². The number of carbonyl (C=O) groups excluding carboxylic acids is 2. The molecule has 0 aliphatic carbocycles. The van der Waals surface area contributed by atoms with Gasteiger partial charge in [-0.3, -0.25) is 9.48 Å². The average molecular weight is 505 g/mol. The summed E-state index contributed by atoms with van der Waals surface area (Å²) in [6.45, 7) is 2.02. The van der Waals surface area contributed by atoms with Crippen LogP contribution in [0.2, 0.25) is 0 Å². The van der Waals surface area contributed by atoms with E-state index in [1.165, 1.54) is 4.90 Å². The summed E-state index contributed by atoms with van der Waals surface area (Å²) in [7, 11) is 0. The van der Waals surface area contributed by atoms with Crippen LogP contribution in [0.4, 0.5) is 28.0 Å². The fourth-order valence-corrected chi connectivity index (χ4v) is 4.18. The Morgan fingerprint density at radius 2 is 1.81 bits per heavy atom. The molecule has 0 saturated carbocycles. The lowest BCUT2D eigenvalue weighted by molar-refractivity contribution is -0.128. The topological polar surface area (TPSA) is 96.7 Å². The molecule has 1 unspecified atom stereocenters. The van der Waals surface area contributed by atoms with E-state index in [9.17, 15) is 27.2 Å². The standard InChI is InChI=1S/C22H19F4N7O3/c1-12-9-31-14(2-3-29-31)10-30(12)22(35)33(15-4-17(24)20(26)18(25)5-15)32-11-16(6-19(32)34)36-21-27-7-13(23)8-28-21/h2-5,7-8,12,16H,6,9-11H2,1H3/t12?,16-/m0/s1. The van der Waals surface area contributed by atoms with Crippen molar-refractivity contribution in [2.75, 3.05) is 11.6 Å². The first-order valence-electron chi connectivity index (χ1n) is 10.9. The molecule has 3 amide bonds. The van der Waals surface area contributed by atoms with Gasteiger partial charge in [-0.05, 0) is 13.0 Å². The Bertz CT molecular complexity index is 1300. The second-order valence-corrected chi connectivity index (χ2v) is 8.40. The number of ether oxygens (including phenoxy) is 1. The highest BCUT2D eigenvalue weighted by Crippen LogP contribution is 2.29. The zero-order valence-electron chi connectivity index (χ0n) is 18.8. The maximum atomic E-state index is 14.2. The SMILES string of the molecule is CC1Cn2nccc2CN1C(=O)N(c1cc(F)c(F)c(F)c1)N1C[C@@H](Oc2ncc(F)cn2)CC1=O. The molecule has 5 rings (SSSR count). The molecule has 0 radical (unpaired) electrons. The molecule has 2 aromatic heterocycles. The van der Waals surface area contributed by atoms with Crippen molar-refractivity contribution >= 4 is 17.6 Å². The minimum absolute atomic E-state index is 0.119. The second-order valence-electron chi connectivity index (χ2n) is 8.40. The largest absolute Gasteiger partial charge is 0.458 e. The monoisotopic (exact) mass is 505 g/mol. The van der Waals surface area contributed by atoms with Gasteiger partial charge >= 0.3 is 12.0 Å². The molecule has 188 valence electrons. The second kappa shape index (κ2) is 9.09. The van der Waals surface area contributed by atoms with Gasteiger partial charge in [0.25, 0.3) is 0 Å². The molecule has 2 atom stereocenters. The van der Waals surface area contributed by atoms with Gasteiger partial charge in [0.2, 0.25) is 5.91 Å². The first-order chi connectivity index (χ1) is 17.2. The van der Waals surface area contributed by atoms with Crippen molar-refractivity contribution < 1.29 is 31.9 Å². The first kappa shape index (κ1) is 23.5. The molecule has 0 spiro atoms. The Hall–Kier alpha value is -4.23. The highest BCUT2D eigenvalue weighted by atomic mass is 19.2. The average Bonchev–Trinajstić information content (AvgIpc) is 3.44. The lowest BCUT2D eigenvalue weighted by atomic mass is 10.2. The number of hydrazine groups is 1. The van der Waals surface area contributed by atoms with Gasteiger partial charge in [-0.15, -0.1) is 0 Å². The van der Waals surface area contributed by atoms with Crippen molar-refractivity contribution in [3.05, 3.63) is 65.8 Å². The lowest BCUT2D eigenvalue weighted by Gasteiger charge is -2.40. The van der Waals surface area contributed by atoms with Crippen LogP contribution in [0.25, 0.3) is 0 Å². The predicted octanol–water partition coefficient (Wildman–Crippen LogP) is 2.66. The molecular weight excluding hydrogens is 486 g/mol. The maximum Gasteiger partial charge on any atom is 0.344 e. The number of hydrogen-bond donors (Lipinski definition) is 0. The summed E-state index contributed by atoms with van der Waals surface area (Å²) in [5.74, 6) is -6.03. The highest BCUT2D eigenvalue weighted by Gasteiger charge is 2.42. The fourth-order valence-electron chi connectivity index (χ4n) is 4.18. The van der Waals surface area contributed by atoms with E-state index >= 15 is 0 Å². The Kier molecular flexibility index (Phi) is 5.94. The van der Waals surface area contributed by atoms with Crippen molar-refractivity contribution in [3.8, 4) is 6.01 Å². The fraction of sp³-hybridized carbons (Fsp3) is 0.318. The van der Waals surface area contributed by atoms with E-state index < -0.39 is 41.3 Å². The van der Waals surface area contributed by atoms with Crippen LogP contribution in [0.5, 0.6) is 6.01 Å². The molecule has 0 N–H and O–H groups in total. The molecule has 3 aromatic rings. The Morgan fingerprint density at radius 3 is 2.50 bits per heavy atom. The summed E-state index contributed by atoms with van der Waals surface area (Å²) in [5.41, 5.74) is 0.343. The minimum Gasteiger partial charge on any atom is -0.458 e. The normalized spacial score (nSPS) is 19.4. The third-order valence-corrected chi connectivity index (χ3v) is 5.92. The van der Waals surface area contributed by atoms with Gasteiger partial charge in [0, 0.05) is 18.3 Å². The van der Waals surface area contributed by atoms with Crippen molar-refractivity contribution in [3.63, 3.8) is 0 Å². The number of rotatable bonds is 4. The Balaban J connectivity index is 1.47. The molecule has 10 nitrogen and oxygen atoms in total. The summed E-state index contributed by atoms with van der Waals surface area (Å²) < 4.78 is 62.4. The van der Waals surface area contributed by atoms with E-state index in [-0.39, 0.29) is 37.3 Å². The molecule has 0 bridgehead atoms. The van der Waals surface area contributed by atoms with Gasteiger partial charge < -0.3 is 9.64 Å². The third-order valence-electron chi connectivity index (χ3n) is 5.92. The van der Waals surface area contributed by atoms with Crippen molar-refractivity contribution in [2.45, 2.75) is 38.6 Å². The number of anilines is 1. The van der Waals surface area contributed by atoms with Crippen LogP contribution >= 0.6 is 0 Å². The molecule has 2 aliphatic rings. The number of carbonyl (C=O) groups is 2. The van der Waals surface area contributed by atoms with Crippen molar-refractivity contribution in [2.24, 2.45) is 0 Å². The third kappa shape index (κ3) is 4.29. The number of aromatic nitrogens is 4. The van der Waals surface area contributed by atoms with Crippen LogP contribution in [-0.4, -0.2) is 60.3 Å². The number of nitrogens with zero attached hydrogens (tertiary/aromatic N) is 7. The quantitative estimate of drug-likeness (QED) is 0.400. The van der Waals surface area contributed by atoms with E-state index in [0.29, 0.717) is 18.7 Å². The van der Waals surface area contributed by atoms with Gasteiger partial charge in [0.05, 0.1) is 55.9 Å². The Labute approximate surface area is 201 Å². The number of amides is 3. The molecule has 1 fully saturated rings. The van der Waals surface area contributed by atoms with Crippen molar-refractivity contribution in [1.29, 1.82) is 0 Å². The molecule has 1 aromatic carbocycles. The summed E-state index contributed by atoms with van der Waals surface area (Å²) >= 11 is 0. The highest BCUT2D eigenvalue weighted by molar-refractivity contribution is 5.96. The zero-order valence-corrected chi connectivity index (χ0v) is 18.8. The summed E-state index contributed by atoms with van der Waals surface area (Å²) in [6, 6.07) is 1.67. The van der Waals surface area contributed by atoms with Gasteiger partial charge in [0.1, 0.15) is 6.10 Å². The molecule has 2 aliphatic heterocycles. The number of fused-ring (bicyclic) bond motifs is 1. The number of hydrogen-bond acceptors (Lipinski definition) is 6. The number of halogens is 4. The van der Waals surface area contributed by atoms with E-state index in [4.69, 9.17) is 4.74 Å². The van der Waals surface area contributed by atoms with Crippen LogP contribution < -0.4 is 9.75 Å². The molecule has 1 saturated heterocycles. The van der Waals surface area contributed by atoms with Gasteiger partial charge in [0.15, 0.2) is 23.3 Å². The van der Waals surface area contributed by atoms with Crippen LogP contribution in [0, 0.1) is 23.3 Å². The molecule has 36 heavy (non-hydrogen) atoms. The van der Waals surface area contributed by atoms with Crippen LogP contribution in [0.3, 0.4) is 0 Å². The van der Waals surface area contributed by atoms with Gasteiger partial charge in [-0.25, -0.2) is 37.3 Å². The molecule has 14 heteroatoms. The molecule has 4 heterocycles. The van der Waals surface area contributed by atoms with E-state index in [2.05, 4.69) is 15.1 Å². The lowest BCUT2D eigenvalue weighted by Crippen LogP contribution is -2.57. The summed E-state index contributed by atoms with van der Waals surface area (Å²) in [6.07, 6.45) is 2.29. The van der Waals surface area contributed by atoms with Gasteiger partial charge in [-0.1, -0.05) is 0 Å². The predicted molar refractivity (Wildman–Crippen MR) is 114 cm³/mol. The molecular formula is C22H19F4N7O3. The Morgan fingerprint density at radius 1 is 1.11 bits per heavy atom. The zero-order chi connectivity index (χ0) is 25.6. The van der Waals surface area contributed by atoms with E-state index in [0.717, 1.165) is 28.1 Å². The number of urea groups is 1. The maximum absolute atomic E-state index is 14.2.